The molecule has 3 rings (SSSR count). The van der Waals surface area contributed by atoms with Crippen molar-refractivity contribution in [1.29, 1.82) is 5.26 Å². The Kier molecular flexibility index (Phi) is 6.95. The van der Waals surface area contributed by atoms with Gasteiger partial charge in [0, 0.05) is 17.8 Å². The van der Waals surface area contributed by atoms with E-state index in [0.717, 1.165) is 0 Å². The number of carbonyl (C=O) groups is 2. The van der Waals surface area contributed by atoms with Crippen molar-refractivity contribution in [2.24, 2.45) is 11.8 Å². The fourth-order valence-electron chi connectivity index (χ4n) is 4.03. The summed E-state index contributed by atoms with van der Waals surface area (Å²) in [6.45, 7) is 4.51. The molecule has 2 heterocycles. The quantitative estimate of drug-likeness (QED) is 0.674. The fraction of sp³-hybridized carbons (Fsp3) is 0.478. The van der Waals surface area contributed by atoms with Gasteiger partial charge in [-0.3, -0.25) is 19.0 Å². The van der Waals surface area contributed by atoms with Gasteiger partial charge in [-0.25, -0.2) is 0 Å². The maximum Gasteiger partial charge on any atom is 0.259 e. The Morgan fingerprint density at radius 2 is 2.03 bits per heavy atom. The van der Waals surface area contributed by atoms with E-state index in [-0.39, 0.29) is 29.7 Å². The number of nitrogens with zero attached hydrogens (tertiary/aromatic N) is 2. The molecule has 3 atom stereocenters. The minimum Gasteiger partial charge on any atom is -0.495 e. The van der Waals surface area contributed by atoms with Crippen LogP contribution in [0.3, 0.4) is 0 Å². The number of pyridine rings is 1. The number of hydrogen-bond donors (Lipinski definition) is 2. The molecule has 2 aromatic rings. The summed E-state index contributed by atoms with van der Waals surface area (Å²) < 4.78 is 6.87. The highest BCUT2D eigenvalue weighted by Gasteiger charge is 2.30. The molecule has 0 spiro atoms. The molecule has 1 aromatic heterocycles. The number of ether oxygens (including phenoxy) is 1. The molecule has 164 valence electrons. The van der Waals surface area contributed by atoms with Gasteiger partial charge in [0.2, 0.25) is 11.8 Å². The first-order chi connectivity index (χ1) is 14.8. The van der Waals surface area contributed by atoms with E-state index in [2.05, 4.69) is 16.7 Å². The lowest BCUT2D eigenvalue weighted by Gasteiger charge is -2.24. The number of fused-ring (bicyclic) bond motifs is 1. The SMILES string of the molecule is COc1cn([C@@H](CC(C)C)C(=O)N[C@H](C#N)C[C@@H]2CCNC2=O)c(=O)c2ccccc12. The monoisotopic (exact) mass is 424 g/mol. The molecule has 2 N–H and O–H groups in total. The zero-order valence-corrected chi connectivity index (χ0v) is 18.1. The van der Waals surface area contributed by atoms with Crippen LogP contribution in [0.15, 0.2) is 35.3 Å². The van der Waals surface area contributed by atoms with Crippen molar-refractivity contribution in [2.75, 3.05) is 13.7 Å². The lowest BCUT2D eigenvalue weighted by Crippen LogP contribution is -2.43. The summed E-state index contributed by atoms with van der Waals surface area (Å²) in [4.78, 5) is 38.3. The summed E-state index contributed by atoms with van der Waals surface area (Å²) in [5, 5.41) is 16.2. The van der Waals surface area contributed by atoms with Crippen LogP contribution in [0.25, 0.3) is 10.8 Å². The number of carbonyl (C=O) groups excluding carboxylic acids is 2. The molecule has 1 aliphatic heterocycles. The maximum absolute atomic E-state index is 13.2. The molecular formula is C23H28N4O4. The Morgan fingerprint density at radius 3 is 2.61 bits per heavy atom. The second kappa shape index (κ2) is 9.65. The Hall–Kier alpha value is -3.34. The molecule has 1 aliphatic rings. The summed E-state index contributed by atoms with van der Waals surface area (Å²) >= 11 is 0. The number of nitrogens with one attached hydrogen (secondary N) is 2. The molecule has 1 fully saturated rings. The average molecular weight is 425 g/mol. The highest BCUT2D eigenvalue weighted by atomic mass is 16.5. The van der Waals surface area contributed by atoms with Crippen molar-refractivity contribution in [1.82, 2.24) is 15.2 Å². The van der Waals surface area contributed by atoms with Crippen LogP contribution in [-0.4, -0.2) is 36.1 Å². The molecule has 0 unspecified atom stereocenters. The molecule has 0 aliphatic carbocycles. The third-order valence-electron chi connectivity index (χ3n) is 5.62. The largest absolute Gasteiger partial charge is 0.495 e. The smallest absolute Gasteiger partial charge is 0.259 e. The van der Waals surface area contributed by atoms with Gasteiger partial charge < -0.3 is 15.4 Å². The molecular weight excluding hydrogens is 396 g/mol. The van der Waals surface area contributed by atoms with E-state index in [9.17, 15) is 19.6 Å². The third kappa shape index (κ3) is 4.88. The van der Waals surface area contributed by atoms with Crippen molar-refractivity contribution < 1.29 is 14.3 Å². The van der Waals surface area contributed by atoms with Crippen LogP contribution in [0.2, 0.25) is 0 Å². The predicted molar refractivity (Wildman–Crippen MR) is 117 cm³/mol. The zero-order valence-electron chi connectivity index (χ0n) is 18.1. The van der Waals surface area contributed by atoms with E-state index in [1.807, 2.05) is 19.9 Å². The Labute approximate surface area is 181 Å². The van der Waals surface area contributed by atoms with E-state index in [0.29, 0.717) is 35.9 Å². The molecule has 8 heteroatoms. The number of rotatable bonds is 8. The van der Waals surface area contributed by atoms with Crippen molar-refractivity contribution >= 4 is 22.6 Å². The van der Waals surface area contributed by atoms with Gasteiger partial charge in [-0.15, -0.1) is 0 Å². The number of nitriles is 1. The summed E-state index contributed by atoms with van der Waals surface area (Å²) in [7, 11) is 1.52. The highest BCUT2D eigenvalue weighted by Crippen LogP contribution is 2.26. The lowest BCUT2D eigenvalue weighted by atomic mass is 9.97. The van der Waals surface area contributed by atoms with E-state index in [1.165, 1.54) is 11.7 Å². The Morgan fingerprint density at radius 1 is 1.32 bits per heavy atom. The first-order valence-corrected chi connectivity index (χ1v) is 10.5. The maximum atomic E-state index is 13.2. The van der Waals surface area contributed by atoms with Gasteiger partial charge in [-0.2, -0.15) is 5.26 Å². The molecule has 31 heavy (non-hydrogen) atoms. The van der Waals surface area contributed by atoms with Crippen molar-refractivity contribution in [3.05, 3.63) is 40.8 Å². The lowest BCUT2D eigenvalue weighted by molar-refractivity contribution is -0.126. The standard InChI is InChI=1S/C23H28N4O4/c1-14(2)10-19(22(29)26-16(12-24)11-15-8-9-25-21(15)28)27-13-20(31-3)17-6-4-5-7-18(17)23(27)30/h4-7,13-16,19H,8-11H2,1-3H3,(H,25,28)(H,26,29)/t15-,16-,19-/m0/s1. The van der Waals surface area contributed by atoms with E-state index in [1.54, 1.807) is 24.4 Å². The Bertz CT molecular complexity index is 1070. The molecule has 8 nitrogen and oxygen atoms in total. The summed E-state index contributed by atoms with van der Waals surface area (Å²) in [5.74, 6) is -0.184. The molecule has 0 bridgehead atoms. The van der Waals surface area contributed by atoms with Crippen LogP contribution in [0, 0.1) is 23.2 Å². The second-order valence-electron chi connectivity index (χ2n) is 8.30. The van der Waals surface area contributed by atoms with Gasteiger partial charge in [0.1, 0.15) is 17.8 Å². The predicted octanol–water partition coefficient (Wildman–Crippen LogP) is 2.13. The highest BCUT2D eigenvalue weighted by molar-refractivity contribution is 5.88. The molecule has 1 saturated heterocycles. The number of methoxy groups -OCH3 is 1. The van der Waals surface area contributed by atoms with Crippen LogP contribution in [-0.2, 0) is 9.59 Å². The summed E-state index contributed by atoms with van der Waals surface area (Å²) in [6.07, 6.45) is 2.86. The molecule has 0 saturated carbocycles. The van der Waals surface area contributed by atoms with Gasteiger partial charge >= 0.3 is 0 Å². The van der Waals surface area contributed by atoms with Crippen LogP contribution < -0.4 is 20.9 Å². The normalized spacial score (nSPS) is 17.8. The number of amides is 2. The first-order valence-electron chi connectivity index (χ1n) is 10.5. The van der Waals surface area contributed by atoms with Crippen molar-refractivity contribution in [2.45, 2.75) is 45.2 Å². The van der Waals surface area contributed by atoms with Gasteiger partial charge in [0.05, 0.1) is 24.8 Å². The number of aromatic nitrogens is 1. The van der Waals surface area contributed by atoms with Crippen molar-refractivity contribution in [3.8, 4) is 11.8 Å². The minimum atomic E-state index is -0.811. The van der Waals surface area contributed by atoms with Gasteiger partial charge in [0.15, 0.2) is 0 Å². The van der Waals surface area contributed by atoms with E-state index >= 15 is 0 Å². The van der Waals surface area contributed by atoms with Gasteiger partial charge in [0.25, 0.3) is 5.56 Å². The van der Waals surface area contributed by atoms with Crippen LogP contribution in [0.5, 0.6) is 5.75 Å². The number of hydrogen-bond acceptors (Lipinski definition) is 5. The van der Waals surface area contributed by atoms with Crippen LogP contribution >= 0.6 is 0 Å². The summed E-state index contributed by atoms with van der Waals surface area (Å²) in [5.41, 5.74) is -0.291. The minimum absolute atomic E-state index is 0.0938. The fourth-order valence-corrected chi connectivity index (χ4v) is 4.03. The third-order valence-corrected chi connectivity index (χ3v) is 5.62. The van der Waals surface area contributed by atoms with Gasteiger partial charge in [-0.05, 0) is 31.2 Å². The van der Waals surface area contributed by atoms with Gasteiger partial charge in [-0.1, -0.05) is 32.0 Å². The van der Waals surface area contributed by atoms with Crippen LogP contribution in [0.4, 0.5) is 0 Å². The second-order valence-corrected chi connectivity index (χ2v) is 8.30. The van der Waals surface area contributed by atoms with E-state index < -0.39 is 18.0 Å². The van der Waals surface area contributed by atoms with Crippen molar-refractivity contribution in [3.63, 3.8) is 0 Å². The summed E-state index contributed by atoms with van der Waals surface area (Å²) in [6, 6.07) is 7.56. The topological polar surface area (TPSA) is 113 Å². The average Bonchev–Trinajstić information content (AvgIpc) is 3.16. The van der Waals surface area contributed by atoms with Crippen LogP contribution in [0.1, 0.15) is 39.2 Å². The Balaban J connectivity index is 1.93. The molecule has 2 amide bonds. The van der Waals surface area contributed by atoms with E-state index in [4.69, 9.17) is 4.74 Å². The molecule has 0 radical (unpaired) electrons. The first kappa shape index (κ1) is 22.3. The number of benzene rings is 1. The molecule has 1 aromatic carbocycles. The zero-order chi connectivity index (χ0) is 22.5.